The minimum absolute atomic E-state index is 0.0498. The average molecular weight is 433 g/mol. The number of pyridine rings is 1. The van der Waals surface area contributed by atoms with Crippen molar-refractivity contribution in [3.05, 3.63) is 53.9 Å². The third kappa shape index (κ3) is 2.83. The molecule has 1 N–H and O–H groups in total. The summed E-state index contributed by atoms with van der Waals surface area (Å²) in [6.45, 7) is 1.11. The Balaban J connectivity index is 1.47. The first-order chi connectivity index (χ1) is 15.6. The van der Waals surface area contributed by atoms with Crippen LogP contribution in [-0.4, -0.2) is 51.9 Å². The van der Waals surface area contributed by atoms with Crippen molar-refractivity contribution in [2.24, 2.45) is 0 Å². The maximum absolute atomic E-state index is 14.7. The molecule has 0 radical (unpaired) electrons. The predicted molar refractivity (Wildman–Crippen MR) is 116 cm³/mol. The Morgan fingerprint density at radius 2 is 1.91 bits per heavy atom. The summed E-state index contributed by atoms with van der Waals surface area (Å²) in [4.78, 5) is 10.7. The lowest BCUT2D eigenvalue weighted by atomic mass is 9.96. The average Bonchev–Trinajstić information content (AvgIpc) is 3.45. The first-order valence-electron chi connectivity index (χ1n) is 10.3. The molecule has 10 heteroatoms. The van der Waals surface area contributed by atoms with E-state index in [1.807, 2.05) is 29.5 Å². The lowest BCUT2D eigenvalue weighted by Crippen LogP contribution is -2.13. The topological polar surface area (TPSA) is 89.7 Å². The fraction of sp³-hybridized carbons (Fsp3) is 0.273. The molecule has 0 aliphatic carbocycles. The highest BCUT2D eigenvalue weighted by Crippen LogP contribution is 2.41. The van der Waals surface area contributed by atoms with Gasteiger partial charge in [-0.3, -0.25) is 4.40 Å². The normalized spacial score (nSPS) is 16.7. The molecule has 4 aromatic rings. The number of anilines is 2. The summed E-state index contributed by atoms with van der Waals surface area (Å²) in [5.74, 6) is 2.30. The van der Waals surface area contributed by atoms with E-state index < -0.39 is 0 Å². The highest BCUT2D eigenvalue weighted by Gasteiger charge is 2.31. The van der Waals surface area contributed by atoms with Gasteiger partial charge in [0.1, 0.15) is 17.9 Å². The van der Waals surface area contributed by atoms with Gasteiger partial charge in [0.25, 0.3) is 0 Å². The molecule has 0 saturated heterocycles. The van der Waals surface area contributed by atoms with Crippen LogP contribution in [0.15, 0.2) is 36.9 Å². The Bertz CT molecular complexity index is 1340. The van der Waals surface area contributed by atoms with E-state index >= 15 is 0 Å². The Morgan fingerprint density at radius 1 is 1.12 bits per heavy atom. The van der Waals surface area contributed by atoms with Crippen LogP contribution in [0.25, 0.3) is 16.8 Å². The third-order valence-corrected chi connectivity index (χ3v) is 5.87. The fourth-order valence-corrected chi connectivity index (χ4v) is 4.29. The lowest BCUT2D eigenvalue weighted by molar-refractivity contribution is 0.249. The molecule has 2 aliphatic rings. The molecule has 0 amide bonds. The molecule has 0 fully saturated rings. The molecular weight excluding hydrogens is 413 g/mol. The monoisotopic (exact) mass is 433 g/mol. The van der Waals surface area contributed by atoms with Crippen LogP contribution in [0.1, 0.15) is 17.0 Å². The van der Waals surface area contributed by atoms with E-state index in [0.29, 0.717) is 48.5 Å². The van der Waals surface area contributed by atoms with Crippen LogP contribution >= 0.6 is 0 Å². The molecule has 6 rings (SSSR count). The van der Waals surface area contributed by atoms with E-state index in [1.165, 1.54) is 6.07 Å². The molecule has 1 atom stereocenters. The second-order valence-electron chi connectivity index (χ2n) is 8.07. The van der Waals surface area contributed by atoms with Gasteiger partial charge in [-0.15, -0.1) is 10.2 Å². The van der Waals surface area contributed by atoms with Crippen LogP contribution < -0.4 is 19.7 Å². The summed E-state index contributed by atoms with van der Waals surface area (Å²) in [6, 6.07) is 5.04. The van der Waals surface area contributed by atoms with Crippen molar-refractivity contribution in [3.63, 3.8) is 0 Å². The smallest absolute Gasteiger partial charge is 0.224 e. The number of hydrogen-bond acceptors (Lipinski definition) is 8. The van der Waals surface area contributed by atoms with Gasteiger partial charge in [-0.05, 0) is 18.2 Å². The van der Waals surface area contributed by atoms with Crippen LogP contribution in [-0.2, 0) is 6.54 Å². The molecule has 0 saturated carbocycles. The number of halogens is 1. The zero-order chi connectivity index (χ0) is 21.8. The van der Waals surface area contributed by atoms with E-state index in [1.54, 1.807) is 24.8 Å². The second-order valence-corrected chi connectivity index (χ2v) is 8.07. The summed E-state index contributed by atoms with van der Waals surface area (Å²) in [5.41, 5.74) is 3.68. The molecule has 1 aromatic carbocycles. The van der Waals surface area contributed by atoms with E-state index in [0.717, 1.165) is 22.4 Å². The zero-order valence-corrected chi connectivity index (χ0v) is 17.5. The minimum Gasteiger partial charge on any atom is -0.493 e. The van der Waals surface area contributed by atoms with Crippen LogP contribution in [0.5, 0.6) is 11.5 Å². The summed E-state index contributed by atoms with van der Waals surface area (Å²) >= 11 is 0. The van der Waals surface area contributed by atoms with Crippen molar-refractivity contribution in [1.82, 2.24) is 24.6 Å². The first kappa shape index (κ1) is 18.8. The van der Waals surface area contributed by atoms with Gasteiger partial charge in [-0.25, -0.2) is 14.4 Å². The van der Waals surface area contributed by atoms with Crippen molar-refractivity contribution < 1.29 is 13.9 Å². The summed E-state index contributed by atoms with van der Waals surface area (Å²) < 4.78 is 28.6. The predicted octanol–water partition coefficient (Wildman–Crippen LogP) is 2.87. The molecule has 2 aliphatic heterocycles. The SMILES string of the molecule is CN(C)c1ncc(-c2cc3c(n4cnnc24)NCc2c(F)ccc4c2[C@H](CO4)CO3)cn1. The standard InChI is InChI=1S/C22H20FN7O2/c1-29(2)22-25-6-12(7-26-22)14-5-18-21(30-11-27-28-20(14)30)24-8-15-16(23)3-4-17-19(15)13(9-31-17)10-32-18/h3-7,11,13,24H,8-10H2,1-2H3/t13-/m1/s1. The number of benzene rings is 1. The van der Waals surface area contributed by atoms with E-state index in [-0.39, 0.29) is 11.7 Å². The van der Waals surface area contributed by atoms with Gasteiger partial charge < -0.3 is 19.7 Å². The maximum atomic E-state index is 14.7. The number of fused-ring (bicyclic) bond motifs is 3. The van der Waals surface area contributed by atoms with Crippen molar-refractivity contribution in [2.75, 3.05) is 37.5 Å². The zero-order valence-electron chi connectivity index (χ0n) is 17.5. The number of nitrogens with one attached hydrogen (secondary N) is 1. The van der Waals surface area contributed by atoms with Gasteiger partial charge in [-0.1, -0.05) is 0 Å². The number of rotatable bonds is 2. The quantitative estimate of drug-likeness (QED) is 0.516. The lowest BCUT2D eigenvalue weighted by Gasteiger charge is -2.17. The van der Waals surface area contributed by atoms with Crippen LogP contribution in [0.3, 0.4) is 0 Å². The van der Waals surface area contributed by atoms with Gasteiger partial charge in [0, 0.05) is 55.3 Å². The molecule has 3 aromatic heterocycles. The fourth-order valence-electron chi connectivity index (χ4n) is 4.29. The summed E-state index contributed by atoms with van der Waals surface area (Å²) in [6.07, 6.45) is 5.12. The van der Waals surface area contributed by atoms with Crippen molar-refractivity contribution in [2.45, 2.75) is 12.5 Å². The van der Waals surface area contributed by atoms with Crippen molar-refractivity contribution in [3.8, 4) is 22.6 Å². The van der Waals surface area contributed by atoms with E-state index in [2.05, 4.69) is 25.5 Å². The Hall–Kier alpha value is -3.95. The van der Waals surface area contributed by atoms with Crippen molar-refractivity contribution in [1.29, 1.82) is 0 Å². The van der Waals surface area contributed by atoms with Gasteiger partial charge in [0.15, 0.2) is 17.2 Å². The van der Waals surface area contributed by atoms with E-state index in [4.69, 9.17) is 9.47 Å². The molecular formula is C22H20FN7O2. The molecule has 0 spiro atoms. The van der Waals surface area contributed by atoms with Crippen LogP contribution in [0, 0.1) is 5.82 Å². The first-order valence-corrected chi connectivity index (χ1v) is 10.3. The van der Waals surface area contributed by atoms with E-state index in [9.17, 15) is 4.39 Å². The highest BCUT2D eigenvalue weighted by molar-refractivity contribution is 5.81. The Morgan fingerprint density at radius 3 is 2.69 bits per heavy atom. The van der Waals surface area contributed by atoms with Crippen LogP contribution in [0.2, 0.25) is 0 Å². The molecule has 0 unspecified atom stereocenters. The van der Waals surface area contributed by atoms with Crippen molar-refractivity contribution >= 4 is 17.4 Å². The molecule has 162 valence electrons. The highest BCUT2D eigenvalue weighted by atomic mass is 19.1. The molecule has 5 heterocycles. The molecule has 9 nitrogen and oxygen atoms in total. The second kappa shape index (κ2) is 7.04. The third-order valence-electron chi connectivity index (χ3n) is 5.87. The van der Waals surface area contributed by atoms with Crippen LogP contribution in [0.4, 0.5) is 16.2 Å². The summed E-state index contributed by atoms with van der Waals surface area (Å²) in [5, 5.41) is 11.7. The van der Waals surface area contributed by atoms with Gasteiger partial charge in [0.05, 0.1) is 19.1 Å². The minimum atomic E-state index is -0.259. The Kier molecular flexibility index (Phi) is 4.14. The Labute approximate surface area is 182 Å². The van der Waals surface area contributed by atoms with Gasteiger partial charge >= 0.3 is 0 Å². The van der Waals surface area contributed by atoms with Gasteiger partial charge in [0.2, 0.25) is 5.95 Å². The molecule has 0 bridgehead atoms. The molecule has 32 heavy (non-hydrogen) atoms. The summed E-state index contributed by atoms with van der Waals surface area (Å²) in [7, 11) is 3.77. The number of hydrogen-bond donors (Lipinski definition) is 1. The van der Waals surface area contributed by atoms with Gasteiger partial charge in [-0.2, -0.15) is 0 Å². The number of aromatic nitrogens is 5. The number of nitrogens with zero attached hydrogens (tertiary/aromatic N) is 6. The largest absolute Gasteiger partial charge is 0.493 e. The maximum Gasteiger partial charge on any atom is 0.224 e. The number of ether oxygens (including phenoxy) is 2.